The average molecular weight is 321 g/mol. The minimum atomic E-state index is -0.0956. The number of aromatic nitrogens is 2. The standard InChI is InChI=1S/C16H20N4O.ClH/c21-14-2-1-12-13(3-7-18-15(12)19-14)20-9-5-16(6-10-20)4-8-17-11-16;/h1-3,7,17H,4-6,8-11H2,(H,18,19,21);1H. The van der Waals surface area contributed by atoms with Crippen LogP contribution in [0.3, 0.4) is 0 Å². The van der Waals surface area contributed by atoms with Crippen molar-refractivity contribution in [2.75, 3.05) is 31.1 Å². The molecule has 4 rings (SSSR count). The summed E-state index contributed by atoms with van der Waals surface area (Å²) in [5.41, 5.74) is 2.30. The van der Waals surface area contributed by atoms with Crippen molar-refractivity contribution < 1.29 is 0 Å². The maximum absolute atomic E-state index is 11.4. The molecule has 5 nitrogen and oxygen atoms in total. The van der Waals surface area contributed by atoms with Gasteiger partial charge < -0.3 is 15.2 Å². The molecule has 0 atom stereocenters. The van der Waals surface area contributed by atoms with Gasteiger partial charge in [0.05, 0.1) is 0 Å². The van der Waals surface area contributed by atoms with Gasteiger partial charge in [0.25, 0.3) is 0 Å². The molecule has 0 radical (unpaired) electrons. The van der Waals surface area contributed by atoms with Crippen LogP contribution in [-0.2, 0) is 0 Å². The number of hydrogen-bond donors (Lipinski definition) is 2. The highest BCUT2D eigenvalue weighted by atomic mass is 35.5. The molecule has 2 aromatic heterocycles. The SMILES string of the molecule is Cl.O=c1ccc2c(N3CCC4(CCNC4)CC3)ccnc2[nH]1. The zero-order valence-corrected chi connectivity index (χ0v) is 13.3. The molecule has 2 saturated heterocycles. The first-order valence-corrected chi connectivity index (χ1v) is 7.70. The Morgan fingerprint density at radius 2 is 1.95 bits per heavy atom. The second kappa shape index (κ2) is 5.89. The molecule has 2 fully saturated rings. The molecule has 118 valence electrons. The fourth-order valence-corrected chi connectivity index (χ4v) is 3.76. The maximum Gasteiger partial charge on any atom is 0.249 e. The highest BCUT2D eigenvalue weighted by Crippen LogP contribution is 2.39. The summed E-state index contributed by atoms with van der Waals surface area (Å²) in [5.74, 6) is 0. The highest BCUT2D eigenvalue weighted by Gasteiger charge is 2.37. The first-order chi connectivity index (χ1) is 10.3. The first-order valence-electron chi connectivity index (χ1n) is 7.70. The van der Waals surface area contributed by atoms with Crippen LogP contribution in [0.25, 0.3) is 11.0 Å². The summed E-state index contributed by atoms with van der Waals surface area (Å²) in [4.78, 5) is 21.0. The third kappa shape index (κ3) is 2.59. The van der Waals surface area contributed by atoms with Gasteiger partial charge in [-0.05, 0) is 43.4 Å². The molecule has 22 heavy (non-hydrogen) atoms. The molecule has 6 heteroatoms. The summed E-state index contributed by atoms with van der Waals surface area (Å²) in [6.07, 6.45) is 5.58. The monoisotopic (exact) mass is 320 g/mol. The van der Waals surface area contributed by atoms with Crippen LogP contribution in [0.5, 0.6) is 0 Å². The number of nitrogens with one attached hydrogen (secondary N) is 2. The van der Waals surface area contributed by atoms with E-state index < -0.39 is 0 Å². The Labute approximate surface area is 135 Å². The van der Waals surface area contributed by atoms with Gasteiger partial charge in [-0.25, -0.2) is 4.98 Å². The number of piperidine rings is 1. The Bertz CT molecular complexity index is 713. The zero-order valence-electron chi connectivity index (χ0n) is 12.5. The summed E-state index contributed by atoms with van der Waals surface area (Å²) in [5, 5.41) is 4.54. The van der Waals surface area contributed by atoms with Crippen LogP contribution < -0.4 is 15.8 Å². The number of halogens is 1. The molecule has 0 saturated carbocycles. The Morgan fingerprint density at radius 1 is 1.14 bits per heavy atom. The van der Waals surface area contributed by atoms with E-state index in [1.807, 2.05) is 6.07 Å². The molecular formula is C16H21ClN4O. The summed E-state index contributed by atoms with van der Waals surface area (Å²) >= 11 is 0. The topological polar surface area (TPSA) is 61.0 Å². The zero-order chi connectivity index (χ0) is 14.3. The molecule has 2 aromatic rings. The number of nitrogens with zero attached hydrogens (tertiary/aromatic N) is 2. The van der Waals surface area contributed by atoms with Crippen molar-refractivity contribution in [3.8, 4) is 0 Å². The fourth-order valence-electron chi connectivity index (χ4n) is 3.76. The molecule has 2 N–H and O–H groups in total. The van der Waals surface area contributed by atoms with Crippen molar-refractivity contribution in [3.05, 3.63) is 34.7 Å². The molecule has 0 bridgehead atoms. The number of pyridine rings is 2. The van der Waals surface area contributed by atoms with Crippen LogP contribution in [0.4, 0.5) is 5.69 Å². The van der Waals surface area contributed by atoms with Crippen LogP contribution in [0.1, 0.15) is 19.3 Å². The lowest BCUT2D eigenvalue weighted by Gasteiger charge is -2.40. The largest absolute Gasteiger partial charge is 0.371 e. The van der Waals surface area contributed by atoms with Crippen molar-refractivity contribution in [2.24, 2.45) is 5.41 Å². The summed E-state index contributed by atoms with van der Waals surface area (Å²) < 4.78 is 0. The number of H-pyrrole nitrogens is 1. The minimum Gasteiger partial charge on any atom is -0.371 e. The molecule has 2 aliphatic rings. The van der Waals surface area contributed by atoms with E-state index >= 15 is 0 Å². The van der Waals surface area contributed by atoms with E-state index in [0.29, 0.717) is 11.1 Å². The Hall–Kier alpha value is -1.59. The van der Waals surface area contributed by atoms with E-state index in [9.17, 15) is 4.79 Å². The number of hydrogen-bond acceptors (Lipinski definition) is 4. The lowest BCUT2D eigenvalue weighted by atomic mass is 9.77. The van der Waals surface area contributed by atoms with Gasteiger partial charge in [0.2, 0.25) is 5.56 Å². The van der Waals surface area contributed by atoms with Crippen LogP contribution in [0.2, 0.25) is 0 Å². The predicted molar refractivity (Wildman–Crippen MR) is 91.0 cm³/mol. The maximum atomic E-state index is 11.4. The van der Waals surface area contributed by atoms with Gasteiger partial charge in [0.1, 0.15) is 5.65 Å². The Balaban J connectivity index is 0.00000144. The van der Waals surface area contributed by atoms with E-state index in [0.717, 1.165) is 18.5 Å². The predicted octanol–water partition coefficient (Wildman–Crippen LogP) is 1.92. The number of fused-ring (bicyclic) bond motifs is 1. The normalized spacial score (nSPS) is 20.3. The van der Waals surface area contributed by atoms with Gasteiger partial charge >= 0.3 is 0 Å². The third-order valence-corrected chi connectivity index (χ3v) is 5.11. The molecule has 0 aromatic carbocycles. The number of aromatic amines is 1. The molecule has 4 heterocycles. The first kappa shape index (κ1) is 15.3. The number of anilines is 1. The summed E-state index contributed by atoms with van der Waals surface area (Å²) in [7, 11) is 0. The van der Waals surface area contributed by atoms with Crippen LogP contribution in [0, 0.1) is 5.41 Å². The fraction of sp³-hybridized carbons (Fsp3) is 0.500. The third-order valence-electron chi connectivity index (χ3n) is 5.11. The van der Waals surface area contributed by atoms with Gasteiger partial charge in [0, 0.05) is 43.0 Å². The van der Waals surface area contributed by atoms with Gasteiger partial charge in [-0.2, -0.15) is 0 Å². The quantitative estimate of drug-likeness (QED) is 0.843. The Kier molecular flexibility index (Phi) is 4.10. The van der Waals surface area contributed by atoms with Crippen molar-refractivity contribution in [1.29, 1.82) is 0 Å². The smallest absolute Gasteiger partial charge is 0.249 e. The average Bonchev–Trinajstić information content (AvgIpc) is 2.95. The van der Waals surface area contributed by atoms with E-state index in [-0.39, 0.29) is 18.0 Å². The van der Waals surface area contributed by atoms with Crippen molar-refractivity contribution in [1.82, 2.24) is 15.3 Å². The highest BCUT2D eigenvalue weighted by molar-refractivity contribution is 5.89. The van der Waals surface area contributed by atoms with E-state index in [2.05, 4.69) is 26.3 Å². The van der Waals surface area contributed by atoms with Gasteiger partial charge in [-0.15, -0.1) is 12.4 Å². The van der Waals surface area contributed by atoms with Crippen molar-refractivity contribution in [3.63, 3.8) is 0 Å². The van der Waals surface area contributed by atoms with E-state index in [1.165, 1.54) is 38.0 Å². The molecule has 0 amide bonds. The van der Waals surface area contributed by atoms with Crippen molar-refractivity contribution >= 4 is 29.1 Å². The molecule has 0 aliphatic carbocycles. The van der Waals surface area contributed by atoms with Crippen LogP contribution >= 0.6 is 12.4 Å². The van der Waals surface area contributed by atoms with Gasteiger partial charge in [0.15, 0.2) is 0 Å². The number of rotatable bonds is 1. The lowest BCUT2D eigenvalue weighted by Crippen LogP contribution is -2.41. The van der Waals surface area contributed by atoms with Gasteiger partial charge in [-0.3, -0.25) is 4.79 Å². The Morgan fingerprint density at radius 3 is 2.68 bits per heavy atom. The molecule has 2 aliphatic heterocycles. The minimum absolute atomic E-state index is 0. The second-order valence-electron chi connectivity index (χ2n) is 6.33. The molecule has 0 unspecified atom stereocenters. The van der Waals surface area contributed by atoms with Crippen molar-refractivity contribution in [2.45, 2.75) is 19.3 Å². The van der Waals surface area contributed by atoms with Gasteiger partial charge in [-0.1, -0.05) is 0 Å². The molecular weight excluding hydrogens is 300 g/mol. The lowest BCUT2D eigenvalue weighted by molar-refractivity contribution is 0.247. The van der Waals surface area contributed by atoms with E-state index in [1.54, 1.807) is 12.3 Å². The second-order valence-corrected chi connectivity index (χ2v) is 6.33. The van der Waals surface area contributed by atoms with Crippen LogP contribution in [-0.4, -0.2) is 36.1 Å². The van der Waals surface area contributed by atoms with Crippen LogP contribution in [0.15, 0.2) is 29.2 Å². The summed E-state index contributed by atoms with van der Waals surface area (Å²) in [6.45, 7) is 4.50. The van der Waals surface area contributed by atoms with E-state index in [4.69, 9.17) is 0 Å². The summed E-state index contributed by atoms with van der Waals surface area (Å²) in [6, 6.07) is 5.53. The molecule has 1 spiro atoms.